The van der Waals surface area contributed by atoms with E-state index in [1.165, 1.54) is 38.6 Å². The number of guanidine groups is 1. The third kappa shape index (κ3) is 4.75. The van der Waals surface area contributed by atoms with Crippen LogP contribution in [0.15, 0.2) is 4.99 Å². The minimum atomic E-state index is 0. The van der Waals surface area contributed by atoms with Crippen molar-refractivity contribution in [3.8, 4) is 0 Å². The zero-order chi connectivity index (χ0) is 16.1. The Labute approximate surface area is 164 Å². The van der Waals surface area contributed by atoms with E-state index in [0.29, 0.717) is 11.5 Å². The van der Waals surface area contributed by atoms with Crippen LogP contribution in [-0.2, 0) is 4.74 Å². The van der Waals surface area contributed by atoms with Gasteiger partial charge in [0.05, 0.1) is 13.2 Å². The van der Waals surface area contributed by atoms with Gasteiger partial charge in [-0.2, -0.15) is 0 Å². The number of nitrogens with one attached hydrogen (secondary N) is 1. The molecule has 2 atom stereocenters. The van der Waals surface area contributed by atoms with Crippen molar-refractivity contribution in [3.63, 3.8) is 0 Å². The van der Waals surface area contributed by atoms with Crippen molar-refractivity contribution in [2.45, 2.75) is 52.0 Å². The fraction of sp³-hybridized carbons (Fsp3) is 0.944. The number of likely N-dealkylation sites (tertiary alicyclic amines) is 2. The molecular weight excluding hydrogens is 415 g/mol. The van der Waals surface area contributed by atoms with E-state index in [9.17, 15) is 0 Å². The fourth-order valence-corrected chi connectivity index (χ4v) is 4.39. The van der Waals surface area contributed by atoms with Gasteiger partial charge in [-0.05, 0) is 45.7 Å². The lowest BCUT2D eigenvalue weighted by atomic mass is 9.87. The van der Waals surface area contributed by atoms with E-state index >= 15 is 0 Å². The molecule has 0 aromatic carbocycles. The molecule has 2 unspecified atom stereocenters. The summed E-state index contributed by atoms with van der Waals surface area (Å²) in [5.74, 6) is 1.12. The second kappa shape index (κ2) is 9.57. The van der Waals surface area contributed by atoms with Crippen LogP contribution in [0.4, 0.5) is 0 Å². The maximum atomic E-state index is 5.66. The van der Waals surface area contributed by atoms with Crippen LogP contribution in [0.5, 0.6) is 0 Å². The summed E-state index contributed by atoms with van der Waals surface area (Å²) in [5.41, 5.74) is 0.399. The van der Waals surface area contributed by atoms with Crippen molar-refractivity contribution >= 4 is 29.9 Å². The summed E-state index contributed by atoms with van der Waals surface area (Å²) in [6.45, 7) is 12.8. The molecule has 0 aromatic rings. The van der Waals surface area contributed by atoms with Gasteiger partial charge in [-0.3, -0.25) is 9.89 Å². The summed E-state index contributed by atoms with van der Waals surface area (Å²) < 4.78 is 5.66. The molecule has 1 N–H and O–H groups in total. The fourth-order valence-electron chi connectivity index (χ4n) is 4.39. The first kappa shape index (κ1) is 20.2. The molecule has 0 aromatic heterocycles. The molecule has 3 rings (SSSR count). The van der Waals surface area contributed by atoms with Crippen molar-refractivity contribution in [2.75, 3.05) is 52.5 Å². The summed E-state index contributed by atoms with van der Waals surface area (Å²) in [7, 11) is 0. The second-order valence-electron chi connectivity index (χ2n) is 7.45. The highest BCUT2D eigenvalue weighted by Crippen LogP contribution is 2.38. The van der Waals surface area contributed by atoms with Crippen molar-refractivity contribution in [3.05, 3.63) is 0 Å². The molecule has 0 aliphatic carbocycles. The van der Waals surface area contributed by atoms with Gasteiger partial charge in [0.2, 0.25) is 0 Å². The third-order valence-electron chi connectivity index (χ3n) is 5.86. The van der Waals surface area contributed by atoms with Gasteiger partial charge < -0.3 is 15.0 Å². The van der Waals surface area contributed by atoms with Crippen molar-refractivity contribution < 1.29 is 4.74 Å². The molecule has 1 spiro atoms. The lowest BCUT2D eigenvalue weighted by molar-refractivity contribution is 0.156. The van der Waals surface area contributed by atoms with Crippen LogP contribution < -0.4 is 5.32 Å². The standard InChI is InChI=1S/C18H34N4O.HI/c1-3-19-17(20-13-16-7-5-6-10-21(16)4-2)22-11-8-18(14-22)9-12-23-15-18;/h16H,3-15H2,1-2H3,(H,19,20);1H. The molecule has 3 saturated heterocycles. The van der Waals surface area contributed by atoms with Crippen molar-refractivity contribution in [1.29, 1.82) is 0 Å². The predicted molar refractivity (Wildman–Crippen MR) is 110 cm³/mol. The smallest absolute Gasteiger partial charge is 0.193 e. The number of nitrogens with zero attached hydrogens (tertiary/aromatic N) is 3. The maximum absolute atomic E-state index is 5.66. The molecule has 0 amide bonds. The molecule has 3 aliphatic heterocycles. The van der Waals surface area contributed by atoms with Gasteiger partial charge in [0, 0.05) is 37.7 Å². The number of likely N-dealkylation sites (N-methyl/N-ethyl adjacent to an activating group) is 1. The molecule has 0 bridgehead atoms. The number of aliphatic imine (C=N–C) groups is 1. The summed E-state index contributed by atoms with van der Waals surface area (Å²) in [5, 5.41) is 3.52. The SMILES string of the molecule is CCNC(=NCC1CCCCN1CC)N1CCC2(CCOC2)C1.I. The summed E-state index contributed by atoms with van der Waals surface area (Å²) in [6.07, 6.45) is 6.48. The average Bonchev–Trinajstić information content (AvgIpc) is 3.22. The van der Waals surface area contributed by atoms with E-state index in [1.54, 1.807) is 0 Å². The van der Waals surface area contributed by atoms with E-state index < -0.39 is 0 Å². The molecule has 0 saturated carbocycles. The number of hydrogen-bond acceptors (Lipinski definition) is 3. The summed E-state index contributed by atoms with van der Waals surface area (Å²) in [4.78, 5) is 10.1. The minimum Gasteiger partial charge on any atom is -0.381 e. The molecular formula is C18H35IN4O. The second-order valence-corrected chi connectivity index (χ2v) is 7.45. The first-order valence-corrected chi connectivity index (χ1v) is 9.61. The molecule has 3 heterocycles. The number of piperidine rings is 1. The van der Waals surface area contributed by atoms with E-state index in [4.69, 9.17) is 9.73 Å². The largest absolute Gasteiger partial charge is 0.381 e. The average molecular weight is 450 g/mol. The zero-order valence-corrected chi connectivity index (χ0v) is 17.8. The number of hydrogen-bond donors (Lipinski definition) is 1. The van der Waals surface area contributed by atoms with Crippen LogP contribution in [0.2, 0.25) is 0 Å². The molecule has 5 nitrogen and oxygen atoms in total. The summed E-state index contributed by atoms with van der Waals surface area (Å²) >= 11 is 0. The number of rotatable bonds is 4. The van der Waals surface area contributed by atoms with E-state index in [-0.39, 0.29) is 24.0 Å². The van der Waals surface area contributed by atoms with Crippen LogP contribution in [0, 0.1) is 5.41 Å². The number of halogens is 1. The Bertz CT molecular complexity index is 412. The highest BCUT2D eigenvalue weighted by atomic mass is 127. The highest BCUT2D eigenvalue weighted by molar-refractivity contribution is 14.0. The van der Waals surface area contributed by atoms with Gasteiger partial charge in [-0.1, -0.05) is 13.3 Å². The lowest BCUT2D eigenvalue weighted by Crippen LogP contribution is -2.44. The monoisotopic (exact) mass is 450 g/mol. The molecule has 6 heteroatoms. The Kier molecular flexibility index (Phi) is 8.07. The van der Waals surface area contributed by atoms with Crippen LogP contribution in [0.25, 0.3) is 0 Å². The zero-order valence-electron chi connectivity index (χ0n) is 15.4. The van der Waals surface area contributed by atoms with E-state index in [2.05, 4.69) is 29.0 Å². The molecule has 3 aliphatic rings. The van der Waals surface area contributed by atoms with E-state index in [0.717, 1.165) is 51.9 Å². The van der Waals surface area contributed by atoms with Gasteiger partial charge >= 0.3 is 0 Å². The van der Waals surface area contributed by atoms with Gasteiger partial charge in [0.15, 0.2) is 5.96 Å². The van der Waals surface area contributed by atoms with Crippen LogP contribution >= 0.6 is 24.0 Å². The van der Waals surface area contributed by atoms with Crippen molar-refractivity contribution in [2.24, 2.45) is 10.4 Å². The molecule has 24 heavy (non-hydrogen) atoms. The van der Waals surface area contributed by atoms with Crippen LogP contribution in [0.3, 0.4) is 0 Å². The Hall–Kier alpha value is -0.0800. The van der Waals surface area contributed by atoms with Crippen molar-refractivity contribution in [1.82, 2.24) is 15.1 Å². The number of ether oxygens (including phenoxy) is 1. The quantitative estimate of drug-likeness (QED) is 0.406. The highest BCUT2D eigenvalue weighted by Gasteiger charge is 2.42. The first-order valence-electron chi connectivity index (χ1n) is 9.61. The Morgan fingerprint density at radius 1 is 1.25 bits per heavy atom. The van der Waals surface area contributed by atoms with Gasteiger partial charge in [0.25, 0.3) is 0 Å². The Balaban J connectivity index is 0.00000208. The normalized spacial score (nSPS) is 31.5. The van der Waals surface area contributed by atoms with Crippen LogP contribution in [0.1, 0.15) is 46.0 Å². The molecule has 140 valence electrons. The maximum Gasteiger partial charge on any atom is 0.193 e. The third-order valence-corrected chi connectivity index (χ3v) is 5.86. The van der Waals surface area contributed by atoms with Gasteiger partial charge in [-0.25, -0.2) is 0 Å². The minimum absolute atomic E-state index is 0. The van der Waals surface area contributed by atoms with E-state index in [1.807, 2.05) is 0 Å². The Morgan fingerprint density at radius 3 is 2.83 bits per heavy atom. The molecule has 0 radical (unpaired) electrons. The van der Waals surface area contributed by atoms with Gasteiger partial charge in [-0.15, -0.1) is 24.0 Å². The van der Waals surface area contributed by atoms with Gasteiger partial charge in [0.1, 0.15) is 0 Å². The molecule has 3 fully saturated rings. The summed E-state index contributed by atoms with van der Waals surface area (Å²) in [6, 6.07) is 0.633. The predicted octanol–water partition coefficient (Wildman–Crippen LogP) is 2.56. The lowest BCUT2D eigenvalue weighted by Gasteiger charge is -2.34. The first-order chi connectivity index (χ1) is 11.3. The Morgan fingerprint density at radius 2 is 2.12 bits per heavy atom. The topological polar surface area (TPSA) is 40.1 Å². The van der Waals surface area contributed by atoms with Crippen LogP contribution in [-0.4, -0.2) is 74.3 Å².